The van der Waals surface area contributed by atoms with Gasteiger partial charge in [-0.1, -0.05) is 20.8 Å². The quantitative estimate of drug-likeness (QED) is 0.918. The highest BCUT2D eigenvalue weighted by molar-refractivity contribution is 5.91. The first-order valence-corrected chi connectivity index (χ1v) is 6.09. The minimum Gasteiger partial charge on any atom is -0.459 e. The number of nitrogens with zero attached hydrogens (tertiary/aromatic N) is 2. The fourth-order valence-corrected chi connectivity index (χ4v) is 1.83. The molecule has 1 amide bonds. The van der Waals surface area contributed by atoms with Gasteiger partial charge < -0.3 is 9.73 Å². The maximum Gasteiger partial charge on any atom is 0.287 e. The Hall–Kier alpha value is -2.17. The molecule has 0 fully saturated rings. The highest BCUT2D eigenvalue weighted by Crippen LogP contribution is 2.22. The van der Waals surface area contributed by atoms with Gasteiger partial charge in [0, 0.05) is 23.7 Å². The van der Waals surface area contributed by atoms with Crippen LogP contribution in [-0.2, 0) is 12.0 Å². The molecule has 0 radical (unpaired) electrons. The summed E-state index contributed by atoms with van der Waals surface area (Å²) in [5.41, 5.74) is 1.75. The molecule has 0 aliphatic heterocycles. The molecule has 1 N–H and O–H groups in total. The van der Waals surface area contributed by atoms with Crippen molar-refractivity contribution in [2.45, 2.75) is 32.7 Å². The summed E-state index contributed by atoms with van der Waals surface area (Å²) in [4.78, 5) is 20.1. The van der Waals surface area contributed by atoms with Crippen LogP contribution in [0.3, 0.4) is 0 Å². The van der Waals surface area contributed by atoms with Crippen molar-refractivity contribution in [1.29, 1.82) is 0 Å². The van der Waals surface area contributed by atoms with E-state index in [1.165, 1.54) is 12.6 Å². The Kier molecular flexibility index (Phi) is 3.64. The van der Waals surface area contributed by atoms with Crippen molar-refractivity contribution in [3.63, 3.8) is 0 Å². The van der Waals surface area contributed by atoms with Gasteiger partial charge in [-0.2, -0.15) is 0 Å². The Balaban J connectivity index is 2.10. The van der Waals surface area contributed by atoms with E-state index in [-0.39, 0.29) is 11.3 Å². The van der Waals surface area contributed by atoms with E-state index in [1.807, 2.05) is 0 Å². The summed E-state index contributed by atoms with van der Waals surface area (Å²) in [6, 6.07) is 3.31. The van der Waals surface area contributed by atoms with Gasteiger partial charge in [-0.3, -0.25) is 4.79 Å². The fraction of sp³-hybridized carbons (Fsp3) is 0.357. The molecule has 0 saturated carbocycles. The molecular formula is C14H17N3O2. The van der Waals surface area contributed by atoms with Gasteiger partial charge in [0.25, 0.3) is 5.91 Å². The van der Waals surface area contributed by atoms with Crippen LogP contribution in [0.1, 0.15) is 42.6 Å². The number of furan rings is 1. The molecule has 0 bridgehead atoms. The van der Waals surface area contributed by atoms with Crippen molar-refractivity contribution in [2.24, 2.45) is 0 Å². The SMILES string of the molecule is CC(C)(C)c1ncncc1CNC(=O)c1ccco1. The van der Waals surface area contributed by atoms with E-state index in [4.69, 9.17) is 4.42 Å². The lowest BCUT2D eigenvalue weighted by atomic mass is 9.89. The molecule has 0 atom stereocenters. The second kappa shape index (κ2) is 5.22. The minimum atomic E-state index is -0.242. The molecule has 0 aromatic carbocycles. The third-order valence-corrected chi connectivity index (χ3v) is 2.68. The van der Waals surface area contributed by atoms with Crippen molar-refractivity contribution in [3.8, 4) is 0 Å². The van der Waals surface area contributed by atoms with Gasteiger partial charge >= 0.3 is 0 Å². The van der Waals surface area contributed by atoms with E-state index < -0.39 is 0 Å². The van der Waals surface area contributed by atoms with Gasteiger partial charge in [0.2, 0.25) is 0 Å². The number of aromatic nitrogens is 2. The molecule has 5 nitrogen and oxygen atoms in total. The van der Waals surface area contributed by atoms with Crippen LogP contribution in [0, 0.1) is 0 Å². The van der Waals surface area contributed by atoms with E-state index in [0.717, 1.165) is 11.3 Å². The number of hydrogen-bond donors (Lipinski definition) is 1. The Labute approximate surface area is 112 Å². The van der Waals surface area contributed by atoms with E-state index in [0.29, 0.717) is 12.3 Å². The summed E-state index contributed by atoms with van der Waals surface area (Å²) in [6.45, 7) is 6.61. The molecule has 2 rings (SSSR count). The molecule has 2 aromatic heterocycles. The van der Waals surface area contributed by atoms with Crippen molar-refractivity contribution in [2.75, 3.05) is 0 Å². The maximum atomic E-state index is 11.8. The average Bonchev–Trinajstić information content (AvgIpc) is 2.89. The van der Waals surface area contributed by atoms with Crippen LogP contribution in [0.25, 0.3) is 0 Å². The average molecular weight is 259 g/mol. The Morgan fingerprint density at radius 3 is 2.84 bits per heavy atom. The molecule has 19 heavy (non-hydrogen) atoms. The van der Waals surface area contributed by atoms with Crippen molar-refractivity contribution in [3.05, 3.63) is 47.9 Å². The Bertz CT molecular complexity index is 556. The van der Waals surface area contributed by atoms with Crippen LogP contribution in [-0.4, -0.2) is 15.9 Å². The summed E-state index contributed by atoms with van der Waals surface area (Å²) in [6.07, 6.45) is 4.73. The van der Waals surface area contributed by atoms with Crippen LogP contribution in [0.5, 0.6) is 0 Å². The van der Waals surface area contributed by atoms with Gasteiger partial charge in [0.05, 0.1) is 12.0 Å². The first-order valence-electron chi connectivity index (χ1n) is 6.09. The molecule has 0 unspecified atom stereocenters. The normalized spacial score (nSPS) is 11.3. The molecule has 0 saturated heterocycles. The van der Waals surface area contributed by atoms with Gasteiger partial charge in [-0.25, -0.2) is 9.97 Å². The standard InChI is InChI=1S/C14H17N3O2/c1-14(2,3)12-10(7-15-9-17-12)8-16-13(18)11-5-4-6-19-11/h4-7,9H,8H2,1-3H3,(H,16,18). The number of nitrogens with one attached hydrogen (secondary N) is 1. The maximum absolute atomic E-state index is 11.8. The summed E-state index contributed by atoms with van der Waals surface area (Å²) in [5, 5.41) is 2.80. The molecule has 100 valence electrons. The van der Waals surface area contributed by atoms with Crippen LogP contribution >= 0.6 is 0 Å². The third kappa shape index (κ3) is 3.19. The molecule has 0 spiro atoms. The van der Waals surface area contributed by atoms with Gasteiger partial charge in [-0.05, 0) is 12.1 Å². The first kappa shape index (κ1) is 13.3. The monoisotopic (exact) mass is 259 g/mol. The number of rotatable bonds is 3. The van der Waals surface area contributed by atoms with E-state index in [9.17, 15) is 4.79 Å². The second-order valence-corrected chi connectivity index (χ2v) is 5.31. The van der Waals surface area contributed by atoms with Crippen molar-refractivity contribution < 1.29 is 9.21 Å². The zero-order valence-corrected chi connectivity index (χ0v) is 11.3. The second-order valence-electron chi connectivity index (χ2n) is 5.31. The molecule has 2 aromatic rings. The Morgan fingerprint density at radius 2 is 2.21 bits per heavy atom. The van der Waals surface area contributed by atoms with E-state index in [1.54, 1.807) is 18.3 Å². The van der Waals surface area contributed by atoms with E-state index in [2.05, 4.69) is 36.1 Å². The summed E-state index contributed by atoms with van der Waals surface area (Å²) >= 11 is 0. The first-order chi connectivity index (χ1) is 8.98. The lowest BCUT2D eigenvalue weighted by molar-refractivity contribution is 0.0923. The molecule has 2 heterocycles. The number of amides is 1. The third-order valence-electron chi connectivity index (χ3n) is 2.68. The largest absolute Gasteiger partial charge is 0.459 e. The predicted molar refractivity (Wildman–Crippen MR) is 70.6 cm³/mol. The van der Waals surface area contributed by atoms with Crippen LogP contribution < -0.4 is 5.32 Å². The van der Waals surface area contributed by atoms with Gasteiger partial charge in [-0.15, -0.1) is 0 Å². The van der Waals surface area contributed by atoms with Gasteiger partial charge in [0.1, 0.15) is 6.33 Å². The van der Waals surface area contributed by atoms with Crippen LogP contribution in [0.2, 0.25) is 0 Å². The summed E-state index contributed by atoms with van der Waals surface area (Å²) in [5.74, 6) is 0.0582. The fourth-order valence-electron chi connectivity index (χ4n) is 1.83. The lowest BCUT2D eigenvalue weighted by Gasteiger charge is -2.20. The number of hydrogen-bond acceptors (Lipinski definition) is 4. The highest BCUT2D eigenvalue weighted by Gasteiger charge is 2.20. The van der Waals surface area contributed by atoms with Crippen LogP contribution in [0.15, 0.2) is 35.3 Å². The van der Waals surface area contributed by atoms with Gasteiger partial charge in [0.15, 0.2) is 5.76 Å². The summed E-state index contributed by atoms with van der Waals surface area (Å²) < 4.78 is 5.04. The lowest BCUT2D eigenvalue weighted by Crippen LogP contribution is -2.25. The minimum absolute atomic E-state index is 0.0896. The zero-order valence-electron chi connectivity index (χ0n) is 11.3. The zero-order chi connectivity index (χ0) is 13.9. The number of carbonyl (C=O) groups is 1. The predicted octanol–water partition coefficient (Wildman–Crippen LogP) is 2.30. The molecular weight excluding hydrogens is 242 g/mol. The molecule has 5 heteroatoms. The molecule has 0 aliphatic carbocycles. The van der Waals surface area contributed by atoms with Crippen molar-refractivity contribution in [1.82, 2.24) is 15.3 Å². The number of carbonyl (C=O) groups excluding carboxylic acids is 1. The van der Waals surface area contributed by atoms with Crippen molar-refractivity contribution >= 4 is 5.91 Å². The Morgan fingerprint density at radius 1 is 1.42 bits per heavy atom. The highest BCUT2D eigenvalue weighted by atomic mass is 16.3. The molecule has 0 aliphatic rings. The van der Waals surface area contributed by atoms with Crippen LogP contribution in [0.4, 0.5) is 0 Å². The summed E-state index contributed by atoms with van der Waals surface area (Å²) in [7, 11) is 0. The smallest absolute Gasteiger partial charge is 0.287 e. The topological polar surface area (TPSA) is 68.0 Å². The van der Waals surface area contributed by atoms with E-state index >= 15 is 0 Å².